The predicted octanol–water partition coefficient (Wildman–Crippen LogP) is 3.82. The number of hydrogen-bond acceptors (Lipinski definition) is 5. The highest BCUT2D eigenvalue weighted by Gasteiger charge is 2.32. The van der Waals surface area contributed by atoms with Gasteiger partial charge < -0.3 is 9.64 Å². The van der Waals surface area contributed by atoms with Crippen LogP contribution in [-0.2, 0) is 23.9 Å². The summed E-state index contributed by atoms with van der Waals surface area (Å²) in [6.07, 6.45) is 0.997. The number of halogens is 3. The van der Waals surface area contributed by atoms with Crippen LogP contribution in [0.2, 0.25) is 0 Å². The van der Waals surface area contributed by atoms with Crippen molar-refractivity contribution in [3.05, 3.63) is 60.1 Å². The highest BCUT2D eigenvalue weighted by molar-refractivity contribution is 5.87. The Hall–Kier alpha value is -2.94. The zero-order valence-corrected chi connectivity index (χ0v) is 16.9. The van der Waals surface area contributed by atoms with Crippen LogP contribution in [0.4, 0.5) is 13.2 Å². The minimum absolute atomic E-state index is 0.0448. The van der Waals surface area contributed by atoms with Gasteiger partial charge in [-0.2, -0.15) is 13.2 Å². The molecule has 0 bridgehead atoms. The molecule has 0 radical (unpaired) electrons. The number of carbonyl (C=O) groups excluding carboxylic acids is 1. The van der Waals surface area contributed by atoms with E-state index in [1.807, 2.05) is 4.90 Å². The molecule has 0 N–H and O–H groups in total. The Balaban J connectivity index is 1.46. The predicted molar refractivity (Wildman–Crippen MR) is 107 cm³/mol. The summed E-state index contributed by atoms with van der Waals surface area (Å²) < 4.78 is 44.1. The maximum atomic E-state index is 12.8. The number of nitrogens with zero attached hydrogens (tertiary/aromatic N) is 4. The smallest absolute Gasteiger partial charge is 0.416 e. The van der Waals surface area contributed by atoms with Crippen molar-refractivity contribution in [3.8, 4) is 11.6 Å². The third kappa shape index (κ3) is 4.71. The summed E-state index contributed by atoms with van der Waals surface area (Å²) in [6.45, 7) is 6.37. The second-order valence-electron chi connectivity index (χ2n) is 7.73. The average Bonchev–Trinajstić information content (AvgIpc) is 2.78. The van der Waals surface area contributed by atoms with E-state index in [0.717, 1.165) is 49.3 Å². The number of rotatable bonds is 4. The molecule has 0 aliphatic carbocycles. The van der Waals surface area contributed by atoms with Gasteiger partial charge in [-0.05, 0) is 49.6 Å². The Morgan fingerprint density at radius 3 is 2.68 bits per heavy atom. The second-order valence-corrected chi connectivity index (χ2v) is 7.73. The van der Waals surface area contributed by atoms with Crippen LogP contribution in [0, 0.1) is 0 Å². The summed E-state index contributed by atoms with van der Waals surface area (Å²) in [5, 5.41) is 0. The summed E-state index contributed by atoms with van der Waals surface area (Å²) in [5.41, 5.74) is 0.987. The van der Waals surface area contributed by atoms with E-state index < -0.39 is 11.7 Å². The molecule has 2 aliphatic heterocycles. The first-order valence-corrected chi connectivity index (χ1v) is 10.2. The first-order valence-electron chi connectivity index (χ1n) is 10.2. The summed E-state index contributed by atoms with van der Waals surface area (Å²) in [6, 6.07) is 4.81. The van der Waals surface area contributed by atoms with Gasteiger partial charge in [0.05, 0.1) is 11.3 Å². The SMILES string of the molecule is C=CC(=O)N1CCCC(N2CCc3c(ncnc3Oc3ccc(C(F)(F)F)cc3)C2)C1. The van der Waals surface area contributed by atoms with Gasteiger partial charge in [0.15, 0.2) is 0 Å². The number of piperidine rings is 1. The summed E-state index contributed by atoms with van der Waals surface area (Å²) in [4.78, 5) is 24.7. The van der Waals surface area contributed by atoms with Crippen molar-refractivity contribution in [1.29, 1.82) is 0 Å². The lowest BCUT2D eigenvalue weighted by atomic mass is 9.99. The van der Waals surface area contributed by atoms with Crippen molar-refractivity contribution < 1.29 is 22.7 Å². The third-order valence-corrected chi connectivity index (χ3v) is 5.79. The van der Waals surface area contributed by atoms with E-state index in [0.29, 0.717) is 31.1 Å². The minimum atomic E-state index is -4.39. The molecule has 1 fully saturated rings. The largest absolute Gasteiger partial charge is 0.439 e. The van der Waals surface area contributed by atoms with Crippen LogP contribution < -0.4 is 4.74 Å². The summed E-state index contributed by atoms with van der Waals surface area (Å²) in [5.74, 6) is 0.621. The molecule has 1 aromatic carbocycles. The molecule has 0 spiro atoms. The normalized spacial score (nSPS) is 19.6. The number of likely N-dealkylation sites (tertiary alicyclic amines) is 1. The molecule has 1 aromatic heterocycles. The number of alkyl halides is 3. The number of amides is 1. The number of benzene rings is 1. The van der Waals surface area contributed by atoms with Crippen LogP contribution in [0.5, 0.6) is 11.6 Å². The van der Waals surface area contributed by atoms with E-state index in [-0.39, 0.29) is 11.9 Å². The first-order chi connectivity index (χ1) is 14.8. The van der Waals surface area contributed by atoms with E-state index in [1.165, 1.54) is 24.5 Å². The van der Waals surface area contributed by atoms with E-state index in [1.54, 1.807) is 0 Å². The average molecular weight is 432 g/mol. The molecule has 1 atom stereocenters. The molecular weight excluding hydrogens is 409 g/mol. The molecule has 164 valence electrons. The van der Waals surface area contributed by atoms with Crippen molar-refractivity contribution in [2.45, 2.75) is 38.0 Å². The van der Waals surface area contributed by atoms with Gasteiger partial charge in [0.25, 0.3) is 0 Å². The quantitative estimate of drug-likeness (QED) is 0.688. The van der Waals surface area contributed by atoms with Crippen molar-refractivity contribution in [2.24, 2.45) is 0 Å². The van der Waals surface area contributed by atoms with Crippen LogP contribution in [0.25, 0.3) is 0 Å². The van der Waals surface area contributed by atoms with E-state index >= 15 is 0 Å². The van der Waals surface area contributed by atoms with Crippen LogP contribution >= 0.6 is 0 Å². The fraction of sp³-hybridized carbons (Fsp3) is 0.409. The fourth-order valence-corrected chi connectivity index (χ4v) is 4.15. The number of ether oxygens (including phenoxy) is 1. The van der Waals surface area contributed by atoms with Gasteiger partial charge in [0, 0.05) is 37.8 Å². The maximum Gasteiger partial charge on any atom is 0.416 e. The highest BCUT2D eigenvalue weighted by Crippen LogP contribution is 2.33. The van der Waals surface area contributed by atoms with E-state index in [2.05, 4.69) is 21.4 Å². The minimum Gasteiger partial charge on any atom is -0.439 e. The zero-order chi connectivity index (χ0) is 22.0. The van der Waals surface area contributed by atoms with E-state index in [4.69, 9.17) is 4.74 Å². The summed E-state index contributed by atoms with van der Waals surface area (Å²) in [7, 11) is 0. The van der Waals surface area contributed by atoms with Crippen molar-refractivity contribution in [1.82, 2.24) is 19.8 Å². The Kier molecular flexibility index (Phi) is 5.95. The topological polar surface area (TPSA) is 58.6 Å². The molecule has 2 aliphatic rings. The lowest BCUT2D eigenvalue weighted by molar-refractivity contribution is -0.137. The first kappa shape index (κ1) is 21.3. The third-order valence-electron chi connectivity index (χ3n) is 5.79. The number of aromatic nitrogens is 2. The molecule has 1 amide bonds. The molecule has 31 heavy (non-hydrogen) atoms. The van der Waals surface area contributed by atoms with Crippen LogP contribution in [0.15, 0.2) is 43.2 Å². The van der Waals surface area contributed by atoms with Crippen LogP contribution in [0.1, 0.15) is 29.7 Å². The van der Waals surface area contributed by atoms with Crippen LogP contribution in [0.3, 0.4) is 0 Å². The molecule has 1 saturated heterocycles. The lowest BCUT2D eigenvalue weighted by Crippen LogP contribution is -2.50. The van der Waals surface area contributed by atoms with Gasteiger partial charge in [-0.1, -0.05) is 6.58 Å². The Labute approximate surface area is 178 Å². The van der Waals surface area contributed by atoms with Gasteiger partial charge in [-0.15, -0.1) is 0 Å². The van der Waals surface area contributed by atoms with Gasteiger partial charge in [-0.25, -0.2) is 9.97 Å². The van der Waals surface area contributed by atoms with Gasteiger partial charge >= 0.3 is 6.18 Å². The lowest BCUT2D eigenvalue weighted by Gasteiger charge is -2.40. The molecular formula is C22H23F3N4O2. The number of carbonyl (C=O) groups is 1. The van der Waals surface area contributed by atoms with Gasteiger partial charge in [0.2, 0.25) is 11.8 Å². The van der Waals surface area contributed by atoms with E-state index in [9.17, 15) is 18.0 Å². The molecule has 3 heterocycles. The Morgan fingerprint density at radius 2 is 1.97 bits per heavy atom. The highest BCUT2D eigenvalue weighted by atomic mass is 19.4. The van der Waals surface area contributed by atoms with Gasteiger partial charge in [-0.3, -0.25) is 9.69 Å². The molecule has 4 rings (SSSR count). The van der Waals surface area contributed by atoms with Crippen molar-refractivity contribution >= 4 is 5.91 Å². The van der Waals surface area contributed by atoms with Crippen molar-refractivity contribution in [3.63, 3.8) is 0 Å². The second kappa shape index (κ2) is 8.66. The number of fused-ring (bicyclic) bond motifs is 1. The molecule has 2 aromatic rings. The maximum absolute atomic E-state index is 12.8. The van der Waals surface area contributed by atoms with Crippen LogP contribution in [-0.4, -0.2) is 51.4 Å². The Bertz CT molecular complexity index is 962. The molecule has 6 nitrogen and oxygen atoms in total. The van der Waals surface area contributed by atoms with Gasteiger partial charge in [0.1, 0.15) is 12.1 Å². The monoisotopic (exact) mass is 432 g/mol. The number of hydrogen-bond donors (Lipinski definition) is 0. The molecule has 1 unspecified atom stereocenters. The standard InChI is InChI=1S/C22H23F3N4O2/c1-2-20(30)29-10-3-4-16(12-29)28-11-9-18-19(13-28)26-14-27-21(18)31-17-7-5-15(6-8-17)22(23,24)25/h2,5-8,14,16H,1,3-4,9-13H2. The Morgan fingerprint density at radius 1 is 1.19 bits per heavy atom. The van der Waals surface area contributed by atoms with Crippen molar-refractivity contribution in [2.75, 3.05) is 19.6 Å². The zero-order valence-electron chi connectivity index (χ0n) is 16.9. The fourth-order valence-electron chi connectivity index (χ4n) is 4.15. The summed E-state index contributed by atoms with van der Waals surface area (Å²) >= 11 is 0. The molecule has 0 saturated carbocycles. The molecule has 9 heteroatoms.